The number of hydrogen-bond donors (Lipinski definition) is 0. The maximum atomic E-state index is 10.9. The fourth-order valence-electron chi connectivity index (χ4n) is 1.97. The molecule has 1 fully saturated rings. The zero-order valence-electron chi connectivity index (χ0n) is 8.70. The molecule has 2 heterocycles. The number of aldehydes is 1. The molecular weight excluding hydrogens is 258 g/mol. The summed E-state index contributed by atoms with van der Waals surface area (Å²) < 4.78 is 8.58. The van der Waals surface area contributed by atoms with Crippen LogP contribution in [-0.4, -0.2) is 23.6 Å². The van der Waals surface area contributed by atoms with Gasteiger partial charge in [0.25, 0.3) is 0 Å². The average molecular weight is 272 g/mol. The highest BCUT2D eigenvalue weighted by molar-refractivity contribution is 9.10. The predicted molar refractivity (Wildman–Crippen MR) is 61.2 cm³/mol. The standard InChI is InChI=1S/C11H14BrNO2/c1-8-11(12)5-9(7-14)13(8)6-10-3-2-4-15-10/h5,7,10H,2-4,6H2,1H3. The van der Waals surface area contributed by atoms with Crippen molar-refractivity contribution in [2.24, 2.45) is 0 Å². The predicted octanol–water partition coefficient (Wildman–Crippen LogP) is 2.55. The number of halogens is 1. The van der Waals surface area contributed by atoms with Crippen LogP contribution in [0, 0.1) is 6.92 Å². The minimum atomic E-state index is 0.265. The molecule has 4 heteroatoms. The van der Waals surface area contributed by atoms with E-state index in [0.29, 0.717) is 0 Å². The van der Waals surface area contributed by atoms with Gasteiger partial charge in [0.1, 0.15) is 0 Å². The Morgan fingerprint density at radius 3 is 3.13 bits per heavy atom. The summed E-state index contributed by atoms with van der Waals surface area (Å²) in [5, 5.41) is 0. The number of nitrogens with zero attached hydrogens (tertiary/aromatic N) is 1. The molecule has 2 rings (SSSR count). The zero-order valence-corrected chi connectivity index (χ0v) is 10.3. The molecule has 3 nitrogen and oxygen atoms in total. The topological polar surface area (TPSA) is 31.2 Å². The molecule has 1 atom stereocenters. The van der Waals surface area contributed by atoms with Crippen LogP contribution in [0.25, 0.3) is 0 Å². The average Bonchev–Trinajstić information content (AvgIpc) is 2.82. The van der Waals surface area contributed by atoms with Crippen molar-refractivity contribution in [3.8, 4) is 0 Å². The Morgan fingerprint density at radius 2 is 2.53 bits per heavy atom. The van der Waals surface area contributed by atoms with E-state index in [9.17, 15) is 4.79 Å². The summed E-state index contributed by atoms with van der Waals surface area (Å²) in [6.45, 7) is 3.64. The van der Waals surface area contributed by atoms with Crippen LogP contribution in [-0.2, 0) is 11.3 Å². The summed E-state index contributed by atoms with van der Waals surface area (Å²) >= 11 is 3.44. The van der Waals surface area contributed by atoms with Gasteiger partial charge in [0.2, 0.25) is 0 Å². The number of aromatic nitrogens is 1. The van der Waals surface area contributed by atoms with Crippen molar-refractivity contribution in [1.29, 1.82) is 0 Å². The Hall–Kier alpha value is -0.610. The van der Waals surface area contributed by atoms with Crippen LogP contribution in [0.1, 0.15) is 29.0 Å². The molecule has 82 valence electrons. The van der Waals surface area contributed by atoms with E-state index < -0.39 is 0 Å². The molecule has 1 aromatic rings. The van der Waals surface area contributed by atoms with Crippen LogP contribution in [0.2, 0.25) is 0 Å². The smallest absolute Gasteiger partial charge is 0.166 e. The number of hydrogen-bond acceptors (Lipinski definition) is 2. The molecule has 1 aromatic heterocycles. The van der Waals surface area contributed by atoms with Gasteiger partial charge < -0.3 is 9.30 Å². The lowest BCUT2D eigenvalue weighted by Crippen LogP contribution is -2.17. The van der Waals surface area contributed by atoms with Crippen LogP contribution >= 0.6 is 15.9 Å². The van der Waals surface area contributed by atoms with Gasteiger partial charge in [0.05, 0.1) is 11.8 Å². The molecule has 1 aliphatic heterocycles. The van der Waals surface area contributed by atoms with Crippen molar-refractivity contribution in [3.63, 3.8) is 0 Å². The van der Waals surface area contributed by atoms with E-state index in [0.717, 1.165) is 48.1 Å². The fraction of sp³-hybridized carbons (Fsp3) is 0.545. The fourth-order valence-corrected chi connectivity index (χ4v) is 2.42. The van der Waals surface area contributed by atoms with E-state index in [1.165, 1.54) is 0 Å². The second-order valence-corrected chi connectivity index (χ2v) is 4.72. The lowest BCUT2D eigenvalue weighted by Gasteiger charge is -2.13. The largest absolute Gasteiger partial charge is 0.376 e. The first kappa shape index (κ1) is 10.9. The van der Waals surface area contributed by atoms with E-state index in [-0.39, 0.29) is 6.10 Å². The van der Waals surface area contributed by atoms with Crippen molar-refractivity contribution in [1.82, 2.24) is 4.57 Å². The third-order valence-electron chi connectivity index (χ3n) is 2.87. The van der Waals surface area contributed by atoms with Crippen molar-refractivity contribution in [2.45, 2.75) is 32.4 Å². The SMILES string of the molecule is Cc1c(Br)cc(C=O)n1CC1CCCO1. The highest BCUT2D eigenvalue weighted by atomic mass is 79.9. The number of carbonyl (C=O) groups excluding carboxylic acids is 1. The van der Waals surface area contributed by atoms with E-state index in [4.69, 9.17) is 4.74 Å². The minimum absolute atomic E-state index is 0.265. The molecule has 15 heavy (non-hydrogen) atoms. The zero-order chi connectivity index (χ0) is 10.8. The molecule has 1 aliphatic rings. The Bertz CT molecular complexity index is 367. The van der Waals surface area contributed by atoms with Crippen LogP contribution in [0.4, 0.5) is 0 Å². The van der Waals surface area contributed by atoms with E-state index >= 15 is 0 Å². The maximum absolute atomic E-state index is 10.9. The van der Waals surface area contributed by atoms with Gasteiger partial charge in [-0.25, -0.2) is 0 Å². The molecule has 0 amide bonds. The van der Waals surface area contributed by atoms with E-state index in [1.54, 1.807) is 0 Å². The Morgan fingerprint density at radius 1 is 1.73 bits per heavy atom. The van der Waals surface area contributed by atoms with Crippen LogP contribution < -0.4 is 0 Å². The van der Waals surface area contributed by atoms with Crippen LogP contribution in [0.5, 0.6) is 0 Å². The first-order chi connectivity index (χ1) is 7.22. The van der Waals surface area contributed by atoms with Gasteiger partial charge >= 0.3 is 0 Å². The van der Waals surface area contributed by atoms with Gasteiger partial charge in [-0.15, -0.1) is 0 Å². The molecule has 0 bridgehead atoms. The molecule has 0 N–H and O–H groups in total. The van der Waals surface area contributed by atoms with Gasteiger partial charge in [0, 0.05) is 23.3 Å². The third kappa shape index (κ3) is 2.16. The van der Waals surface area contributed by atoms with Gasteiger partial charge in [-0.2, -0.15) is 0 Å². The van der Waals surface area contributed by atoms with E-state index in [2.05, 4.69) is 15.9 Å². The maximum Gasteiger partial charge on any atom is 0.166 e. The molecule has 1 saturated heterocycles. The van der Waals surface area contributed by atoms with Gasteiger partial charge in [-0.3, -0.25) is 4.79 Å². The number of ether oxygens (including phenoxy) is 1. The highest BCUT2D eigenvalue weighted by Gasteiger charge is 2.19. The molecule has 1 unspecified atom stereocenters. The third-order valence-corrected chi connectivity index (χ3v) is 3.67. The summed E-state index contributed by atoms with van der Waals surface area (Å²) in [7, 11) is 0. The highest BCUT2D eigenvalue weighted by Crippen LogP contribution is 2.23. The molecular formula is C11H14BrNO2. The van der Waals surface area contributed by atoms with Crippen LogP contribution in [0.3, 0.4) is 0 Å². The van der Waals surface area contributed by atoms with Crippen molar-refractivity contribution >= 4 is 22.2 Å². The lowest BCUT2D eigenvalue weighted by molar-refractivity contribution is 0.0948. The number of carbonyl (C=O) groups is 1. The summed E-state index contributed by atoms with van der Waals surface area (Å²) in [6.07, 6.45) is 3.38. The van der Waals surface area contributed by atoms with Gasteiger partial charge in [0.15, 0.2) is 6.29 Å². The van der Waals surface area contributed by atoms with Crippen molar-refractivity contribution in [2.75, 3.05) is 6.61 Å². The molecule has 0 spiro atoms. The Balaban J connectivity index is 2.21. The summed E-state index contributed by atoms with van der Waals surface area (Å²) in [5.74, 6) is 0. The van der Waals surface area contributed by atoms with Gasteiger partial charge in [-0.05, 0) is 41.8 Å². The Labute approximate surface area is 97.5 Å². The van der Waals surface area contributed by atoms with Crippen LogP contribution in [0.15, 0.2) is 10.5 Å². The normalized spacial score (nSPS) is 20.8. The quantitative estimate of drug-likeness (QED) is 0.792. The molecule has 0 aliphatic carbocycles. The first-order valence-corrected chi connectivity index (χ1v) is 5.94. The van der Waals surface area contributed by atoms with Crippen molar-refractivity contribution < 1.29 is 9.53 Å². The summed E-state index contributed by atoms with van der Waals surface area (Å²) in [6, 6.07) is 1.86. The summed E-state index contributed by atoms with van der Waals surface area (Å²) in [5.41, 5.74) is 1.81. The van der Waals surface area contributed by atoms with Crippen molar-refractivity contribution in [3.05, 3.63) is 21.9 Å². The monoisotopic (exact) mass is 271 g/mol. The summed E-state index contributed by atoms with van der Waals surface area (Å²) in [4.78, 5) is 10.9. The first-order valence-electron chi connectivity index (χ1n) is 5.15. The molecule has 0 aromatic carbocycles. The van der Waals surface area contributed by atoms with Gasteiger partial charge in [-0.1, -0.05) is 0 Å². The molecule has 0 radical (unpaired) electrons. The minimum Gasteiger partial charge on any atom is -0.376 e. The number of rotatable bonds is 3. The second kappa shape index (κ2) is 4.49. The Kier molecular flexibility index (Phi) is 3.26. The molecule has 0 saturated carbocycles. The second-order valence-electron chi connectivity index (χ2n) is 3.87. The lowest BCUT2D eigenvalue weighted by atomic mass is 10.2. The van der Waals surface area contributed by atoms with E-state index in [1.807, 2.05) is 17.6 Å².